The second kappa shape index (κ2) is 7.85. The van der Waals surface area contributed by atoms with E-state index in [1.54, 1.807) is 25.3 Å². The third kappa shape index (κ3) is 4.32. The van der Waals surface area contributed by atoms with Crippen LogP contribution in [0.15, 0.2) is 18.2 Å². The maximum Gasteiger partial charge on any atom is 0.312 e. The summed E-state index contributed by atoms with van der Waals surface area (Å²) in [6.45, 7) is 1.72. The molecule has 2 aliphatic rings. The molecular weight excluding hydrogens is 352 g/mol. The molecule has 0 unspecified atom stereocenters. The number of hydrogen-bond acceptors (Lipinski definition) is 6. The zero-order valence-corrected chi connectivity index (χ0v) is 15.7. The summed E-state index contributed by atoms with van der Waals surface area (Å²) in [5.74, 6) is -0.584. The fourth-order valence-electron chi connectivity index (χ4n) is 2.98. The number of ether oxygens (including phenoxy) is 3. The van der Waals surface area contributed by atoms with Crippen LogP contribution in [0.4, 0.5) is 5.69 Å². The molecule has 1 aromatic rings. The lowest BCUT2D eigenvalue weighted by Gasteiger charge is -2.20. The van der Waals surface area contributed by atoms with Crippen LogP contribution in [-0.4, -0.2) is 50.7 Å². The molecule has 1 aliphatic carbocycles. The van der Waals surface area contributed by atoms with Crippen LogP contribution in [0.1, 0.15) is 26.2 Å². The largest absolute Gasteiger partial charge is 0.497 e. The molecule has 8 nitrogen and oxygen atoms in total. The van der Waals surface area contributed by atoms with Crippen molar-refractivity contribution in [1.82, 2.24) is 5.32 Å². The van der Waals surface area contributed by atoms with Gasteiger partial charge in [-0.2, -0.15) is 0 Å². The van der Waals surface area contributed by atoms with E-state index in [2.05, 4.69) is 5.32 Å². The van der Waals surface area contributed by atoms with E-state index in [4.69, 9.17) is 14.2 Å². The maximum atomic E-state index is 12.4. The van der Waals surface area contributed by atoms with Gasteiger partial charge < -0.3 is 24.4 Å². The molecule has 2 amide bonds. The van der Waals surface area contributed by atoms with Gasteiger partial charge in [0, 0.05) is 25.1 Å². The smallest absolute Gasteiger partial charge is 0.312 e. The standard InChI is InChI=1S/C19H24N2O6/c1-11(18(23)20-13-4-5-13)27-19(24)12-8-17(22)21(10-12)15-7-6-14(25-2)9-16(15)26-3/h6-7,9,11-13H,4-5,8,10H2,1-3H3,(H,20,23)/t11-,12+/m1/s1. The molecule has 8 heteroatoms. The van der Waals surface area contributed by atoms with E-state index in [1.807, 2.05) is 0 Å². The van der Waals surface area contributed by atoms with Gasteiger partial charge in [-0.1, -0.05) is 0 Å². The zero-order valence-electron chi connectivity index (χ0n) is 15.7. The Kier molecular flexibility index (Phi) is 5.53. The Hall–Kier alpha value is -2.77. The third-order valence-corrected chi connectivity index (χ3v) is 4.72. The number of carbonyl (C=O) groups is 3. The van der Waals surface area contributed by atoms with Crippen molar-refractivity contribution in [3.8, 4) is 11.5 Å². The van der Waals surface area contributed by atoms with Crippen LogP contribution in [0, 0.1) is 5.92 Å². The number of anilines is 1. The van der Waals surface area contributed by atoms with Crippen LogP contribution in [0.3, 0.4) is 0 Å². The molecule has 0 radical (unpaired) electrons. The van der Waals surface area contributed by atoms with E-state index in [1.165, 1.54) is 18.9 Å². The Morgan fingerprint density at radius 2 is 1.96 bits per heavy atom. The summed E-state index contributed by atoms with van der Waals surface area (Å²) in [6.07, 6.45) is 1.08. The van der Waals surface area contributed by atoms with Crippen LogP contribution in [0.5, 0.6) is 11.5 Å². The Balaban J connectivity index is 1.64. The molecule has 0 spiro atoms. The van der Waals surface area contributed by atoms with Gasteiger partial charge in [0.1, 0.15) is 11.5 Å². The maximum absolute atomic E-state index is 12.4. The topological polar surface area (TPSA) is 94.2 Å². The average Bonchev–Trinajstić information content (AvgIpc) is 3.39. The van der Waals surface area contributed by atoms with Gasteiger partial charge in [0.25, 0.3) is 5.91 Å². The van der Waals surface area contributed by atoms with Gasteiger partial charge in [-0.05, 0) is 31.9 Å². The van der Waals surface area contributed by atoms with Gasteiger partial charge in [-0.15, -0.1) is 0 Å². The summed E-state index contributed by atoms with van der Waals surface area (Å²) in [5.41, 5.74) is 0.568. The predicted octanol–water partition coefficient (Wildman–Crippen LogP) is 1.27. The first-order valence-corrected chi connectivity index (χ1v) is 8.96. The van der Waals surface area contributed by atoms with Crippen molar-refractivity contribution < 1.29 is 28.6 Å². The molecule has 1 saturated heterocycles. The van der Waals surface area contributed by atoms with E-state index in [0.29, 0.717) is 17.2 Å². The molecule has 1 N–H and O–H groups in total. The van der Waals surface area contributed by atoms with Crippen molar-refractivity contribution >= 4 is 23.5 Å². The fourth-order valence-corrected chi connectivity index (χ4v) is 2.98. The Bertz CT molecular complexity index is 746. The van der Waals surface area contributed by atoms with Gasteiger partial charge in [-0.25, -0.2) is 0 Å². The summed E-state index contributed by atoms with van der Waals surface area (Å²) < 4.78 is 15.8. The van der Waals surface area contributed by atoms with E-state index in [-0.39, 0.29) is 30.8 Å². The summed E-state index contributed by atoms with van der Waals surface area (Å²) >= 11 is 0. The fraction of sp³-hybridized carbons (Fsp3) is 0.526. The van der Waals surface area contributed by atoms with Crippen molar-refractivity contribution in [2.24, 2.45) is 5.92 Å². The molecule has 3 rings (SSSR count). The molecular formula is C19H24N2O6. The minimum absolute atomic E-state index is 0.0327. The van der Waals surface area contributed by atoms with E-state index < -0.39 is 18.0 Å². The number of methoxy groups -OCH3 is 2. The first-order chi connectivity index (χ1) is 12.9. The quantitative estimate of drug-likeness (QED) is 0.720. The van der Waals surface area contributed by atoms with Gasteiger partial charge >= 0.3 is 5.97 Å². The number of rotatable bonds is 7. The molecule has 27 heavy (non-hydrogen) atoms. The minimum atomic E-state index is -0.877. The second-order valence-corrected chi connectivity index (χ2v) is 6.81. The Morgan fingerprint density at radius 1 is 1.22 bits per heavy atom. The number of amides is 2. The Labute approximate surface area is 157 Å². The Morgan fingerprint density at radius 3 is 2.59 bits per heavy atom. The first kappa shape index (κ1) is 19.0. The number of nitrogens with zero attached hydrogens (tertiary/aromatic N) is 1. The normalized spacial score (nSPS) is 20.2. The molecule has 0 aromatic heterocycles. The minimum Gasteiger partial charge on any atom is -0.497 e. The molecule has 1 aromatic carbocycles. The SMILES string of the molecule is COc1ccc(N2C[C@@H](C(=O)O[C@H](C)C(=O)NC3CC3)CC2=O)c(OC)c1. The second-order valence-electron chi connectivity index (χ2n) is 6.81. The van der Waals surface area contributed by atoms with Crippen LogP contribution < -0.4 is 19.7 Å². The first-order valence-electron chi connectivity index (χ1n) is 8.96. The van der Waals surface area contributed by atoms with Crippen molar-refractivity contribution in [3.63, 3.8) is 0 Å². The van der Waals surface area contributed by atoms with Crippen LogP contribution >= 0.6 is 0 Å². The third-order valence-electron chi connectivity index (χ3n) is 4.72. The van der Waals surface area contributed by atoms with E-state index in [0.717, 1.165) is 12.8 Å². The zero-order chi connectivity index (χ0) is 19.6. The molecule has 2 atom stereocenters. The highest BCUT2D eigenvalue weighted by molar-refractivity contribution is 6.01. The summed E-state index contributed by atoms with van der Waals surface area (Å²) in [4.78, 5) is 38.3. The van der Waals surface area contributed by atoms with Gasteiger partial charge in [0.05, 0.1) is 25.8 Å². The lowest BCUT2D eigenvalue weighted by molar-refractivity contribution is -0.158. The number of carbonyl (C=O) groups excluding carboxylic acids is 3. The van der Waals surface area contributed by atoms with E-state index >= 15 is 0 Å². The molecule has 1 heterocycles. The summed E-state index contributed by atoms with van der Waals surface area (Å²) in [7, 11) is 3.05. The van der Waals surface area contributed by atoms with Gasteiger partial charge in [-0.3, -0.25) is 14.4 Å². The predicted molar refractivity (Wildman–Crippen MR) is 96.7 cm³/mol. The van der Waals surface area contributed by atoms with Crippen molar-refractivity contribution in [1.29, 1.82) is 0 Å². The summed E-state index contributed by atoms with van der Waals surface area (Å²) in [6, 6.07) is 5.32. The van der Waals surface area contributed by atoms with Crippen LogP contribution in [-0.2, 0) is 19.1 Å². The van der Waals surface area contributed by atoms with Crippen molar-refractivity contribution in [3.05, 3.63) is 18.2 Å². The van der Waals surface area contributed by atoms with Gasteiger partial charge in [0.15, 0.2) is 6.10 Å². The number of hydrogen-bond donors (Lipinski definition) is 1. The van der Waals surface area contributed by atoms with E-state index in [9.17, 15) is 14.4 Å². The van der Waals surface area contributed by atoms with Crippen molar-refractivity contribution in [2.75, 3.05) is 25.7 Å². The highest BCUT2D eigenvalue weighted by Crippen LogP contribution is 2.36. The van der Waals surface area contributed by atoms with Gasteiger partial charge in [0.2, 0.25) is 5.91 Å². The van der Waals surface area contributed by atoms with Crippen LogP contribution in [0.25, 0.3) is 0 Å². The highest BCUT2D eigenvalue weighted by Gasteiger charge is 2.38. The number of esters is 1. The number of benzene rings is 1. The van der Waals surface area contributed by atoms with Crippen molar-refractivity contribution in [2.45, 2.75) is 38.3 Å². The number of nitrogens with one attached hydrogen (secondary N) is 1. The van der Waals surface area contributed by atoms with Crippen LogP contribution in [0.2, 0.25) is 0 Å². The summed E-state index contributed by atoms with van der Waals surface area (Å²) in [5, 5.41) is 2.80. The molecule has 0 bridgehead atoms. The lowest BCUT2D eigenvalue weighted by atomic mass is 10.1. The lowest BCUT2D eigenvalue weighted by Crippen LogP contribution is -2.38. The highest BCUT2D eigenvalue weighted by atomic mass is 16.5. The molecule has 2 fully saturated rings. The molecule has 146 valence electrons. The average molecular weight is 376 g/mol. The monoisotopic (exact) mass is 376 g/mol. The molecule has 1 aliphatic heterocycles. The molecule has 1 saturated carbocycles.